The molecule has 5 amide bonds. The van der Waals surface area contributed by atoms with Gasteiger partial charge in [-0.2, -0.15) is 0 Å². The summed E-state index contributed by atoms with van der Waals surface area (Å²) in [4.78, 5) is 91.3. The molecule has 0 saturated carbocycles. The van der Waals surface area contributed by atoms with Crippen LogP contribution in [0.5, 0.6) is 5.75 Å². The van der Waals surface area contributed by atoms with Crippen LogP contribution in [0.3, 0.4) is 0 Å². The Kier molecular flexibility index (Phi) is 19.7. The fourth-order valence-corrected chi connectivity index (χ4v) is 9.35. The molecule has 1 unspecified atom stereocenters. The number of benzene rings is 3. The second kappa shape index (κ2) is 26.7. The average molecular weight is 1020 g/mol. The van der Waals surface area contributed by atoms with E-state index < -0.39 is 41.7 Å². The molecule has 1 aliphatic carbocycles. The van der Waals surface area contributed by atoms with E-state index in [2.05, 4.69) is 30.7 Å². The van der Waals surface area contributed by atoms with E-state index in [1.54, 1.807) is 45.2 Å². The second-order valence-corrected chi connectivity index (χ2v) is 19.4. The number of amides is 5. The van der Waals surface area contributed by atoms with Gasteiger partial charge in [0, 0.05) is 76.2 Å². The number of hydrogen-bond donors (Lipinski definition) is 3. The van der Waals surface area contributed by atoms with Crippen molar-refractivity contribution in [1.29, 1.82) is 0 Å². The molecule has 19 nitrogen and oxygen atoms in total. The third-order valence-electron chi connectivity index (χ3n) is 13.0. The maximum absolute atomic E-state index is 13.3. The van der Waals surface area contributed by atoms with Gasteiger partial charge in [0.1, 0.15) is 24.0 Å². The normalized spacial score (nSPS) is 15.9. The highest BCUT2D eigenvalue weighted by atomic mass is 16.6. The molecule has 2 atom stereocenters. The molecule has 2 fully saturated rings. The van der Waals surface area contributed by atoms with Gasteiger partial charge in [0.05, 0.1) is 57.1 Å². The van der Waals surface area contributed by atoms with Gasteiger partial charge in [0.25, 0.3) is 5.91 Å². The van der Waals surface area contributed by atoms with Crippen molar-refractivity contribution >= 4 is 46.6 Å². The van der Waals surface area contributed by atoms with Crippen LogP contribution in [0.2, 0.25) is 0 Å². The number of nitrogens with zero attached hydrogens (tertiary/aromatic N) is 5. The highest BCUT2D eigenvalue weighted by molar-refractivity contribution is 6.07. The van der Waals surface area contributed by atoms with Crippen molar-refractivity contribution in [3.63, 3.8) is 0 Å². The number of alkyl carbamates (subject to hydrolysis) is 1. The maximum Gasteiger partial charge on any atom is 0.407 e. The van der Waals surface area contributed by atoms with Crippen molar-refractivity contribution in [2.45, 2.75) is 83.0 Å². The third-order valence-corrected chi connectivity index (χ3v) is 13.0. The molecule has 3 aliphatic rings. The number of likely N-dealkylation sites (tertiary alicyclic amines) is 1. The lowest BCUT2D eigenvalue weighted by atomic mass is 9.98. The smallest absolute Gasteiger partial charge is 0.407 e. The Labute approximate surface area is 432 Å². The molecule has 7 rings (SSSR count). The van der Waals surface area contributed by atoms with E-state index in [-0.39, 0.29) is 83.1 Å². The Bertz CT molecular complexity index is 2600. The van der Waals surface area contributed by atoms with E-state index in [1.807, 2.05) is 59.5 Å². The minimum Gasteiger partial charge on any atom is -0.494 e. The molecule has 74 heavy (non-hydrogen) atoms. The van der Waals surface area contributed by atoms with E-state index in [0.717, 1.165) is 54.7 Å². The first-order valence-corrected chi connectivity index (χ1v) is 25.5. The van der Waals surface area contributed by atoms with E-state index in [4.69, 9.17) is 30.3 Å². The fourth-order valence-electron chi connectivity index (χ4n) is 9.35. The fraction of sp³-hybridized carbons (Fsp3) is 0.491. The van der Waals surface area contributed by atoms with Crippen molar-refractivity contribution in [1.82, 2.24) is 35.6 Å². The number of carbonyl (C=O) groups excluding carboxylic acids is 6. The Morgan fingerprint density at radius 3 is 2.24 bits per heavy atom. The van der Waals surface area contributed by atoms with Gasteiger partial charge in [0.2, 0.25) is 17.7 Å². The van der Waals surface area contributed by atoms with Crippen LogP contribution in [0.25, 0.3) is 26.9 Å². The lowest BCUT2D eigenvalue weighted by Crippen LogP contribution is -2.49. The van der Waals surface area contributed by atoms with Gasteiger partial charge in [-0.05, 0) is 86.6 Å². The van der Waals surface area contributed by atoms with Crippen LogP contribution in [0.1, 0.15) is 86.7 Å². The van der Waals surface area contributed by atoms with Crippen molar-refractivity contribution in [2.75, 3.05) is 92.0 Å². The van der Waals surface area contributed by atoms with Gasteiger partial charge in [-0.1, -0.05) is 48.5 Å². The van der Waals surface area contributed by atoms with Gasteiger partial charge in [-0.3, -0.25) is 43.6 Å². The van der Waals surface area contributed by atoms with Crippen LogP contribution < -0.4 is 20.7 Å². The first-order valence-electron chi connectivity index (χ1n) is 25.5. The Morgan fingerprint density at radius 1 is 0.811 bits per heavy atom. The molecule has 0 spiro atoms. The molecule has 2 saturated heterocycles. The zero-order chi connectivity index (χ0) is 52.5. The van der Waals surface area contributed by atoms with Crippen LogP contribution in [0.4, 0.5) is 4.79 Å². The predicted molar refractivity (Wildman–Crippen MR) is 275 cm³/mol. The minimum atomic E-state index is -1.06. The summed E-state index contributed by atoms with van der Waals surface area (Å²) in [6.07, 6.45) is 2.65. The van der Waals surface area contributed by atoms with E-state index >= 15 is 0 Å². The number of ether oxygens (including phenoxy) is 5. The van der Waals surface area contributed by atoms with Gasteiger partial charge in [0.15, 0.2) is 0 Å². The lowest BCUT2D eigenvalue weighted by molar-refractivity contribution is -0.155. The zero-order valence-electron chi connectivity index (χ0n) is 42.6. The minimum absolute atomic E-state index is 0.00312. The van der Waals surface area contributed by atoms with Gasteiger partial charge in [-0.15, -0.1) is 0 Å². The summed E-state index contributed by atoms with van der Waals surface area (Å²) >= 11 is 0. The van der Waals surface area contributed by atoms with E-state index in [9.17, 15) is 28.8 Å². The number of esters is 1. The van der Waals surface area contributed by atoms with Crippen molar-refractivity contribution in [2.24, 2.45) is 0 Å². The number of nitrogens with one attached hydrogen (secondary N) is 3. The van der Waals surface area contributed by atoms with Crippen LogP contribution in [-0.4, -0.2) is 165 Å². The molecule has 3 heterocycles. The molecule has 19 heteroatoms. The Morgan fingerprint density at radius 2 is 1.53 bits per heavy atom. The molecule has 4 aromatic rings. The van der Waals surface area contributed by atoms with Crippen molar-refractivity contribution < 1.29 is 52.5 Å². The summed E-state index contributed by atoms with van der Waals surface area (Å²) in [6, 6.07) is 22.0. The molecular weight excluding hydrogens is 949 g/mol. The van der Waals surface area contributed by atoms with Crippen LogP contribution >= 0.6 is 0 Å². The Hall–Kier alpha value is -7.14. The first kappa shape index (κ1) is 54.6. The summed E-state index contributed by atoms with van der Waals surface area (Å²) < 4.78 is 28.5. The molecule has 2 aliphatic heterocycles. The molecule has 0 bridgehead atoms. The monoisotopic (exact) mass is 1020 g/mol. The van der Waals surface area contributed by atoms with Gasteiger partial charge >= 0.3 is 18.2 Å². The number of hydrogen-bond acceptors (Lipinski definition) is 13. The molecule has 3 N–H and O–H groups in total. The number of carbonyl (C=O) groups is 6. The maximum atomic E-state index is 13.3. The summed E-state index contributed by atoms with van der Waals surface area (Å²) in [6.45, 7) is 18.0. The van der Waals surface area contributed by atoms with Crippen LogP contribution in [0.15, 0.2) is 79.0 Å². The number of aromatic nitrogens is 1. The Balaban J connectivity index is 0.738. The van der Waals surface area contributed by atoms with E-state index in [1.165, 1.54) is 4.90 Å². The first-order chi connectivity index (χ1) is 35.8. The molecule has 394 valence electrons. The van der Waals surface area contributed by atoms with Crippen LogP contribution in [-0.2, 0) is 38.1 Å². The van der Waals surface area contributed by atoms with Crippen molar-refractivity contribution in [3.8, 4) is 16.9 Å². The van der Waals surface area contributed by atoms with Crippen LogP contribution in [0, 0.1) is 6.57 Å². The molecule has 1 aromatic heterocycles. The molecule has 3 aromatic carbocycles. The lowest BCUT2D eigenvalue weighted by Gasteiger charge is -2.34. The molecule has 0 radical (unpaired) electrons. The summed E-state index contributed by atoms with van der Waals surface area (Å²) in [5.74, 6) is -1.19. The van der Waals surface area contributed by atoms with Gasteiger partial charge < -0.3 is 44.5 Å². The summed E-state index contributed by atoms with van der Waals surface area (Å²) in [5, 5.41) is 8.74. The quantitative estimate of drug-likeness (QED) is 0.0462. The topological polar surface area (TPSA) is 212 Å². The standard InChI is InChI=1S/C55H68N8O11/c1-55(2,3)74-51(66)19-18-47(60-54(69)73-37-45-41-13-7-5-11-39(41)40-12-6-8-14-42(40)45)53(68)58-23-32-71-34-33-70-31-21-49(64)62-28-26-61(27-29-62)24-10-30-72-38-16-17-46-44(35-38)43(20-22-57-46)52(67)59-36-50(65)63-25-9-15-48(63)56-4/h5-8,11-14,16-17,20,22,35,45,47-48H,9-10,15,18-19,21,23-34,36-37H2,1-3H3,(H,58,68)(H,59,67)(H,60,69)/t47?,48-/m0/s1. The number of piperazine rings is 1. The van der Waals surface area contributed by atoms with Gasteiger partial charge in [-0.25, -0.2) is 11.4 Å². The highest BCUT2D eigenvalue weighted by Gasteiger charge is 2.33. The third kappa shape index (κ3) is 15.4. The largest absolute Gasteiger partial charge is 0.494 e. The van der Waals surface area contributed by atoms with Crippen molar-refractivity contribution in [3.05, 3.63) is 107 Å². The predicted octanol–water partition coefficient (Wildman–Crippen LogP) is 5.31. The molecular formula is C55H68N8O11. The average Bonchev–Trinajstić information content (AvgIpc) is 4.02. The second-order valence-electron chi connectivity index (χ2n) is 19.4. The number of fused-ring (bicyclic) bond motifs is 4. The van der Waals surface area contributed by atoms with E-state index in [0.29, 0.717) is 54.9 Å². The zero-order valence-corrected chi connectivity index (χ0v) is 42.6. The SMILES string of the molecule is [C-]#[N+][C@@H]1CCCN1C(=O)CNC(=O)c1ccnc2ccc(OCCCN3CCN(C(=O)CCOCCOCCNC(=O)C(CCC(=O)OC(C)(C)C)NC(=O)OCC4c5ccccc5-c5ccccc54)CC3)cc12. The number of pyridine rings is 1. The summed E-state index contributed by atoms with van der Waals surface area (Å²) in [7, 11) is 0. The highest BCUT2D eigenvalue weighted by Crippen LogP contribution is 2.44. The summed E-state index contributed by atoms with van der Waals surface area (Å²) in [5.41, 5.74) is 4.62. The number of rotatable bonds is 24.